The highest BCUT2D eigenvalue weighted by Crippen LogP contribution is 2.09. The minimum absolute atomic E-state index is 0.0929. The van der Waals surface area contributed by atoms with Crippen molar-refractivity contribution in [2.45, 2.75) is 39.0 Å². The second-order valence-corrected chi connectivity index (χ2v) is 6.70. The van der Waals surface area contributed by atoms with Crippen molar-refractivity contribution >= 4 is 5.91 Å². The summed E-state index contributed by atoms with van der Waals surface area (Å²) in [7, 11) is 0. The summed E-state index contributed by atoms with van der Waals surface area (Å²) in [5, 5.41) is 0. The molecular formula is C20H31FN2O2. The number of halogens is 1. The molecular weight excluding hydrogens is 319 g/mol. The number of carbonyl (C=O) groups is 1. The van der Waals surface area contributed by atoms with Gasteiger partial charge in [-0.1, -0.05) is 38.3 Å². The number of hydrogen-bond donors (Lipinski definition) is 0. The lowest BCUT2D eigenvalue weighted by atomic mass is 10.1. The first kappa shape index (κ1) is 19.9. The van der Waals surface area contributed by atoms with E-state index in [1.54, 1.807) is 6.07 Å². The van der Waals surface area contributed by atoms with E-state index in [0.717, 1.165) is 64.3 Å². The van der Waals surface area contributed by atoms with Crippen LogP contribution in [0, 0.1) is 5.82 Å². The van der Waals surface area contributed by atoms with Crippen LogP contribution in [0.3, 0.4) is 0 Å². The van der Waals surface area contributed by atoms with Crippen molar-refractivity contribution in [1.82, 2.24) is 9.80 Å². The van der Waals surface area contributed by atoms with Gasteiger partial charge in [0.1, 0.15) is 5.82 Å². The summed E-state index contributed by atoms with van der Waals surface area (Å²) in [5.74, 6) is -0.191. The van der Waals surface area contributed by atoms with Crippen molar-refractivity contribution in [3.05, 3.63) is 35.6 Å². The summed E-state index contributed by atoms with van der Waals surface area (Å²) in [6.07, 6.45) is 4.85. The first-order chi connectivity index (χ1) is 12.2. The molecule has 2 rings (SSSR count). The molecule has 0 atom stereocenters. The molecule has 1 aliphatic heterocycles. The number of rotatable bonds is 10. The first-order valence-corrected chi connectivity index (χ1v) is 9.51. The molecule has 1 aromatic rings. The number of amides is 1. The van der Waals surface area contributed by atoms with Gasteiger partial charge in [0.25, 0.3) is 0 Å². The molecule has 1 aliphatic rings. The summed E-state index contributed by atoms with van der Waals surface area (Å²) in [5.41, 5.74) is 0.745. The van der Waals surface area contributed by atoms with Gasteiger partial charge in [0.05, 0.1) is 19.6 Å². The van der Waals surface area contributed by atoms with Crippen molar-refractivity contribution in [3.8, 4) is 0 Å². The smallest absolute Gasteiger partial charge is 0.227 e. The molecule has 0 saturated carbocycles. The summed E-state index contributed by atoms with van der Waals surface area (Å²) >= 11 is 0. The largest absolute Gasteiger partial charge is 0.379 e. The maximum Gasteiger partial charge on any atom is 0.227 e. The molecule has 4 nitrogen and oxygen atoms in total. The van der Waals surface area contributed by atoms with Crippen LogP contribution >= 0.6 is 0 Å². The van der Waals surface area contributed by atoms with Crippen LogP contribution in [0.1, 0.15) is 38.2 Å². The molecule has 0 aliphatic carbocycles. The average molecular weight is 350 g/mol. The van der Waals surface area contributed by atoms with Crippen molar-refractivity contribution in [2.75, 3.05) is 45.9 Å². The summed E-state index contributed by atoms with van der Waals surface area (Å²) in [6.45, 7) is 8.00. The highest BCUT2D eigenvalue weighted by Gasteiger charge is 2.17. The molecule has 0 aromatic heterocycles. The predicted octanol–water partition coefficient (Wildman–Crippen LogP) is 3.11. The number of morpholine rings is 1. The summed E-state index contributed by atoms with van der Waals surface area (Å²) in [4.78, 5) is 17.0. The Kier molecular flexibility index (Phi) is 8.91. The number of carbonyl (C=O) groups excluding carboxylic acids is 1. The number of benzene rings is 1. The lowest BCUT2D eigenvalue weighted by Gasteiger charge is -2.30. The van der Waals surface area contributed by atoms with Crippen LogP contribution in [0.15, 0.2) is 24.3 Å². The second kappa shape index (κ2) is 11.2. The minimum Gasteiger partial charge on any atom is -0.379 e. The first-order valence-electron chi connectivity index (χ1n) is 9.51. The van der Waals surface area contributed by atoms with E-state index in [-0.39, 0.29) is 18.1 Å². The zero-order valence-corrected chi connectivity index (χ0v) is 15.4. The van der Waals surface area contributed by atoms with Crippen molar-refractivity contribution in [3.63, 3.8) is 0 Å². The SMILES string of the molecule is CCCCCCN(CCN1CCOCC1)C(=O)Cc1cccc(F)c1. The van der Waals surface area contributed by atoms with Crippen LogP contribution in [0.5, 0.6) is 0 Å². The molecule has 0 unspecified atom stereocenters. The Morgan fingerprint density at radius 1 is 1.20 bits per heavy atom. The molecule has 140 valence electrons. The quantitative estimate of drug-likeness (QED) is 0.608. The normalized spacial score (nSPS) is 15.3. The van der Waals surface area contributed by atoms with Crippen LogP contribution in [0.2, 0.25) is 0 Å². The molecule has 25 heavy (non-hydrogen) atoms. The van der Waals surface area contributed by atoms with Crippen molar-refractivity contribution < 1.29 is 13.9 Å². The number of unbranched alkanes of at least 4 members (excludes halogenated alkanes) is 3. The molecule has 1 aromatic carbocycles. The molecule has 0 bridgehead atoms. The fourth-order valence-corrected chi connectivity index (χ4v) is 3.11. The lowest BCUT2D eigenvalue weighted by Crippen LogP contribution is -2.43. The van der Waals surface area contributed by atoms with Gasteiger partial charge in [0.15, 0.2) is 0 Å². The van der Waals surface area contributed by atoms with E-state index in [9.17, 15) is 9.18 Å². The van der Waals surface area contributed by atoms with Gasteiger partial charge in [-0.3, -0.25) is 9.69 Å². The van der Waals surface area contributed by atoms with E-state index in [2.05, 4.69) is 11.8 Å². The van der Waals surface area contributed by atoms with E-state index >= 15 is 0 Å². The maximum absolute atomic E-state index is 13.4. The van der Waals surface area contributed by atoms with E-state index < -0.39 is 0 Å². The van der Waals surface area contributed by atoms with Gasteiger partial charge in [0, 0.05) is 32.7 Å². The van der Waals surface area contributed by atoms with E-state index in [1.807, 2.05) is 11.0 Å². The molecule has 0 N–H and O–H groups in total. The Morgan fingerprint density at radius 2 is 2.00 bits per heavy atom. The van der Waals surface area contributed by atoms with Gasteiger partial charge >= 0.3 is 0 Å². The molecule has 0 spiro atoms. The molecule has 1 amide bonds. The summed E-state index contributed by atoms with van der Waals surface area (Å²) in [6, 6.07) is 6.35. The Bertz CT molecular complexity index is 518. The van der Waals surface area contributed by atoms with E-state index in [4.69, 9.17) is 4.74 Å². The van der Waals surface area contributed by atoms with Gasteiger partial charge in [-0.05, 0) is 24.1 Å². The number of ether oxygens (including phenoxy) is 1. The zero-order valence-electron chi connectivity index (χ0n) is 15.4. The van der Waals surface area contributed by atoms with Gasteiger partial charge < -0.3 is 9.64 Å². The van der Waals surface area contributed by atoms with E-state index in [0.29, 0.717) is 0 Å². The van der Waals surface area contributed by atoms with E-state index in [1.165, 1.54) is 25.0 Å². The zero-order chi connectivity index (χ0) is 17.9. The molecule has 1 saturated heterocycles. The topological polar surface area (TPSA) is 32.8 Å². The Morgan fingerprint density at radius 3 is 2.72 bits per heavy atom. The maximum atomic E-state index is 13.4. The Labute approximate surface area is 150 Å². The van der Waals surface area contributed by atoms with Crippen molar-refractivity contribution in [1.29, 1.82) is 0 Å². The third-order valence-electron chi connectivity index (χ3n) is 4.67. The van der Waals surface area contributed by atoms with Crippen LogP contribution in [0.4, 0.5) is 4.39 Å². The Hall–Kier alpha value is -1.46. The highest BCUT2D eigenvalue weighted by atomic mass is 19.1. The molecule has 1 fully saturated rings. The van der Waals surface area contributed by atoms with Crippen molar-refractivity contribution in [2.24, 2.45) is 0 Å². The average Bonchev–Trinajstić information content (AvgIpc) is 2.62. The fraction of sp³-hybridized carbons (Fsp3) is 0.650. The summed E-state index contributed by atoms with van der Waals surface area (Å²) < 4.78 is 18.7. The highest BCUT2D eigenvalue weighted by molar-refractivity contribution is 5.78. The molecule has 1 heterocycles. The minimum atomic E-state index is -0.284. The predicted molar refractivity (Wildman–Crippen MR) is 98.1 cm³/mol. The number of hydrogen-bond acceptors (Lipinski definition) is 3. The third kappa shape index (κ3) is 7.53. The molecule has 0 radical (unpaired) electrons. The van der Waals surface area contributed by atoms with Crippen LogP contribution < -0.4 is 0 Å². The van der Waals surface area contributed by atoms with Gasteiger partial charge in [0.2, 0.25) is 5.91 Å². The van der Waals surface area contributed by atoms with Crippen LogP contribution in [-0.4, -0.2) is 61.6 Å². The molecule has 5 heteroatoms. The monoisotopic (exact) mass is 350 g/mol. The van der Waals surface area contributed by atoms with Crippen LogP contribution in [0.25, 0.3) is 0 Å². The fourth-order valence-electron chi connectivity index (χ4n) is 3.11. The third-order valence-corrected chi connectivity index (χ3v) is 4.67. The standard InChI is InChI=1S/C20H31FN2O2/c1-2-3-4-5-9-23(11-10-22-12-14-25-15-13-22)20(24)17-18-7-6-8-19(21)16-18/h6-8,16H,2-5,9-15,17H2,1H3. The van der Waals surface area contributed by atoms with Crippen LogP contribution in [-0.2, 0) is 16.0 Å². The van der Waals surface area contributed by atoms with Gasteiger partial charge in [-0.25, -0.2) is 4.39 Å². The van der Waals surface area contributed by atoms with Gasteiger partial charge in [-0.2, -0.15) is 0 Å². The second-order valence-electron chi connectivity index (χ2n) is 6.70. The Balaban J connectivity index is 1.87. The lowest BCUT2D eigenvalue weighted by molar-refractivity contribution is -0.130. The van der Waals surface area contributed by atoms with Gasteiger partial charge in [-0.15, -0.1) is 0 Å². The number of nitrogens with zero attached hydrogens (tertiary/aromatic N) is 2.